The fourth-order valence-electron chi connectivity index (χ4n) is 3.32. The maximum Gasteiger partial charge on any atom is 0.171 e. The molecule has 0 radical (unpaired) electrons. The van der Waals surface area contributed by atoms with Crippen LogP contribution in [-0.2, 0) is 9.47 Å². The van der Waals surface area contributed by atoms with Crippen molar-refractivity contribution in [3.63, 3.8) is 0 Å². The second kappa shape index (κ2) is 2.96. The highest BCUT2D eigenvalue weighted by atomic mass is 16.7. The fraction of sp³-hybridized carbons (Fsp3) is 1.00. The molecule has 2 nitrogen and oxygen atoms in total. The normalized spacial score (nSPS) is 42.5. The maximum absolute atomic E-state index is 5.96. The van der Waals surface area contributed by atoms with Gasteiger partial charge >= 0.3 is 0 Å². The standard InChI is InChI=1S/C11H18O2/c1-2-6-13-11(12-5-1)8-9-3-4-10(11)7-9/h9-10H,1-8H2. The highest BCUT2D eigenvalue weighted by Gasteiger charge is 2.53. The zero-order chi connectivity index (χ0) is 8.73. The molecule has 1 heterocycles. The fourth-order valence-corrected chi connectivity index (χ4v) is 3.32. The molecule has 3 fully saturated rings. The Hall–Kier alpha value is -0.0800. The zero-order valence-corrected chi connectivity index (χ0v) is 8.13. The van der Waals surface area contributed by atoms with Crippen molar-refractivity contribution in [2.75, 3.05) is 13.2 Å². The first-order chi connectivity index (χ1) is 6.39. The van der Waals surface area contributed by atoms with Gasteiger partial charge in [-0.2, -0.15) is 0 Å². The molecular formula is C11H18O2. The van der Waals surface area contributed by atoms with Crippen molar-refractivity contribution in [2.24, 2.45) is 11.8 Å². The predicted octanol–water partition coefficient (Wildman–Crippen LogP) is 2.33. The highest BCUT2D eigenvalue weighted by molar-refractivity contribution is 4.97. The summed E-state index contributed by atoms with van der Waals surface area (Å²) in [5, 5.41) is 0. The molecule has 1 aliphatic heterocycles. The van der Waals surface area contributed by atoms with Crippen molar-refractivity contribution in [1.82, 2.24) is 0 Å². The molecule has 13 heavy (non-hydrogen) atoms. The van der Waals surface area contributed by atoms with E-state index in [0.717, 1.165) is 25.0 Å². The summed E-state index contributed by atoms with van der Waals surface area (Å²) in [7, 11) is 0. The van der Waals surface area contributed by atoms with E-state index in [2.05, 4.69) is 0 Å². The molecule has 3 rings (SSSR count). The van der Waals surface area contributed by atoms with Crippen molar-refractivity contribution in [1.29, 1.82) is 0 Å². The van der Waals surface area contributed by atoms with Gasteiger partial charge in [0.1, 0.15) is 0 Å². The average Bonchev–Trinajstić information content (AvgIpc) is 2.63. The Labute approximate surface area is 79.6 Å². The lowest BCUT2D eigenvalue weighted by molar-refractivity contribution is -0.252. The Balaban J connectivity index is 1.79. The molecule has 2 saturated carbocycles. The van der Waals surface area contributed by atoms with Crippen molar-refractivity contribution in [3.05, 3.63) is 0 Å². The summed E-state index contributed by atoms with van der Waals surface area (Å²) in [5.74, 6) is 1.50. The molecule has 1 spiro atoms. The predicted molar refractivity (Wildman–Crippen MR) is 49.3 cm³/mol. The molecule has 74 valence electrons. The third kappa shape index (κ3) is 1.23. The van der Waals surface area contributed by atoms with Crippen molar-refractivity contribution >= 4 is 0 Å². The molecular weight excluding hydrogens is 164 g/mol. The summed E-state index contributed by atoms with van der Waals surface area (Å²) >= 11 is 0. The summed E-state index contributed by atoms with van der Waals surface area (Å²) in [6.45, 7) is 1.84. The van der Waals surface area contributed by atoms with Crippen LogP contribution in [0.15, 0.2) is 0 Å². The number of fused-ring (bicyclic) bond motifs is 3. The minimum Gasteiger partial charge on any atom is -0.350 e. The van der Waals surface area contributed by atoms with Gasteiger partial charge in [-0.25, -0.2) is 0 Å². The molecule has 2 unspecified atom stereocenters. The lowest BCUT2D eigenvalue weighted by Gasteiger charge is -2.36. The average molecular weight is 182 g/mol. The van der Waals surface area contributed by atoms with Gasteiger partial charge in [-0.3, -0.25) is 0 Å². The smallest absolute Gasteiger partial charge is 0.171 e. The van der Waals surface area contributed by atoms with Gasteiger partial charge in [0.15, 0.2) is 5.79 Å². The van der Waals surface area contributed by atoms with Crippen molar-refractivity contribution in [2.45, 2.75) is 44.3 Å². The van der Waals surface area contributed by atoms with Crippen LogP contribution < -0.4 is 0 Å². The minimum atomic E-state index is -0.126. The molecule has 0 aromatic rings. The first kappa shape index (κ1) is 8.25. The Morgan fingerprint density at radius 1 is 1.00 bits per heavy atom. The summed E-state index contributed by atoms with van der Waals surface area (Å²) in [6, 6.07) is 0. The Bertz CT molecular complexity index is 194. The van der Waals surface area contributed by atoms with Crippen LogP contribution >= 0.6 is 0 Å². The second-order valence-corrected chi connectivity index (χ2v) is 4.80. The van der Waals surface area contributed by atoms with E-state index < -0.39 is 0 Å². The zero-order valence-electron chi connectivity index (χ0n) is 8.13. The quantitative estimate of drug-likeness (QED) is 0.572. The van der Waals surface area contributed by atoms with E-state index in [9.17, 15) is 0 Å². The Kier molecular flexibility index (Phi) is 1.88. The number of ether oxygens (including phenoxy) is 2. The van der Waals surface area contributed by atoms with Gasteiger partial charge in [0.2, 0.25) is 0 Å². The van der Waals surface area contributed by atoms with E-state index in [4.69, 9.17) is 9.47 Å². The van der Waals surface area contributed by atoms with E-state index in [0.29, 0.717) is 0 Å². The third-order valence-corrected chi connectivity index (χ3v) is 3.97. The van der Waals surface area contributed by atoms with E-state index in [1.807, 2.05) is 0 Å². The van der Waals surface area contributed by atoms with E-state index in [-0.39, 0.29) is 5.79 Å². The van der Waals surface area contributed by atoms with Gasteiger partial charge in [0.25, 0.3) is 0 Å². The number of rotatable bonds is 0. The van der Waals surface area contributed by atoms with Crippen LogP contribution in [0.4, 0.5) is 0 Å². The molecule has 0 N–H and O–H groups in total. The molecule has 2 aliphatic carbocycles. The lowest BCUT2D eigenvalue weighted by Crippen LogP contribution is -2.40. The molecule has 0 aromatic carbocycles. The first-order valence-electron chi connectivity index (χ1n) is 5.67. The van der Waals surface area contributed by atoms with Crippen molar-refractivity contribution < 1.29 is 9.47 Å². The van der Waals surface area contributed by atoms with Gasteiger partial charge in [-0.15, -0.1) is 0 Å². The van der Waals surface area contributed by atoms with Gasteiger partial charge < -0.3 is 9.47 Å². The summed E-state index contributed by atoms with van der Waals surface area (Å²) in [6.07, 6.45) is 7.65. The molecule has 2 atom stereocenters. The van der Waals surface area contributed by atoms with Crippen LogP contribution in [0.2, 0.25) is 0 Å². The summed E-state index contributed by atoms with van der Waals surface area (Å²) in [4.78, 5) is 0. The van der Waals surface area contributed by atoms with Crippen LogP contribution in [0.5, 0.6) is 0 Å². The van der Waals surface area contributed by atoms with E-state index in [1.54, 1.807) is 0 Å². The summed E-state index contributed by atoms with van der Waals surface area (Å²) < 4.78 is 11.9. The van der Waals surface area contributed by atoms with Crippen LogP contribution in [0.25, 0.3) is 0 Å². The van der Waals surface area contributed by atoms with Gasteiger partial charge in [-0.05, 0) is 38.0 Å². The number of hydrogen-bond acceptors (Lipinski definition) is 2. The molecule has 2 heteroatoms. The molecule has 2 bridgehead atoms. The highest BCUT2D eigenvalue weighted by Crippen LogP contribution is 2.53. The van der Waals surface area contributed by atoms with Gasteiger partial charge in [0.05, 0.1) is 13.2 Å². The molecule has 3 aliphatic rings. The second-order valence-electron chi connectivity index (χ2n) is 4.80. The van der Waals surface area contributed by atoms with E-state index >= 15 is 0 Å². The van der Waals surface area contributed by atoms with Crippen LogP contribution in [0, 0.1) is 11.8 Å². The van der Waals surface area contributed by atoms with Gasteiger partial charge in [0, 0.05) is 12.3 Å². The lowest BCUT2D eigenvalue weighted by atomic mass is 9.94. The van der Waals surface area contributed by atoms with Gasteiger partial charge in [-0.1, -0.05) is 0 Å². The molecule has 0 aromatic heterocycles. The van der Waals surface area contributed by atoms with Crippen LogP contribution in [0.1, 0.15) is 38.5 Å². The third-order valence-electron chi connectivity index (χ3n) is 3.97. The topological polar surface area (TPSA) is 18.5 Å². The van der Waals surface area contributed by atoms with Crippen molar-refractivity contribution in [3.8, 4) is 0 Å². The largest absolute Gasteiger partial charge is 0.350 e. The van der Waals surface area contributed by atoms with Crippen LogP contribution in [0.3, 0.4) is 0 Å². The maximum atomic E-state index is 5.96. The summed E-state index contributed by atoms with van der Waals surface area (Å²) in [5.41, 5.74) is 0. The number of hydrogen-bond donors (Lipinski definition) is 0. The SMILES string of the molecule is C1CCOC2(CC3CCC2C3)OC1. The Morgan fingerprint density at radius 2 is 1.77 bits per heavy atom. The molecule has 1 saturated heterocycles. The van der Waals surface area contributed by atoms with Crippen LogP contribution in [-0.4, -0.2) is 19.0 Å². The monoisotopic (exact) mass is 182 g/mol. The minimum absolute atomic E-state index is 0.126. The van der Waals surface area contributed by atoms with E-state index in [1.165, 1.54) is 38.5 Å². The first-order valence-corrected chi connectivity index (χ1v) is 5.67. The molecule has 0 amide bonds. The Morgan fingerprint density at radius 3 is 2.31 bits per heavy atom.